The zero-order valence-corrected chi connectivity index (χ0v) is 18.5. The minimum atomic E-state index is -0.916. The van der Waals surface area contributed by atoms with E-state index < -0.39 is 29.7 Å². The predicted octanol–water partition coefficient (Wildman–Crippen LogP) is 4.22. The summed E-state index contributed by atoms with van der Waals surface area (Å²) in [5.41, 5.74) is 1.43. The average molecular weight is 435 g/mol. The maximum absolute atomic E-state index is 14.0. The molecule has 2 amide bonds. The summed E-state index contributed by atoms with van der Waals surface area (Å²) in [6.45, 7) is 7.00. The van der Waals surface area contributed by atoms with Gasteiger partial charge in [-0.15, -0.1) is 0 Å². The minimum Gasteiger partial charge on any atom is -0.464 e. The molecule has 1 aromatic heterocycles. The highest BCUT2D eigenvalue weighted by Crippen LogP contribution is 2.25. The van der Waals surface area contributed by atoms with Gasteiger partial charge in [0, 0.05) is 30.9 Å². The molecular weight excluding hydrogens is 408 g/mol. The Balaban J connectivity index is 2.37. The number of nitrogens with one attached hydrogen (secondary N) is 1. The number of hydrogen-bond donors (Lipinski definition) is 1. The van der Waals surface area contributed by atoms with Gasteiger partial charge in [0.2, 0.25) is 0 Å². The lowest BCUT2D eigenvalue weighted by Crippen LogP contribution is -2.46. The van der Waals surface area contributed by atoms with Crippen LogP contribution in [0.5, 0.6) is 0 Å². The number of benzene rings is 1. The van der Waals surface area contributed by atoms with Crippen LogP contribution in [0.4, 0.5) is 19.3 Å². The third-order valence-electron chi connectivity index (χ3n) is 5.30. The van der Waals surface area contributed by atoms with Gasteiger partial charge in [0.15, 0.2) is 5.78 Å². The fourth-order valence-electron chi connectivity index (χ4n) is 3.57. The SMILES string of the molecule is CCCN(C(=O)Nc1ccc(F)cc1F)C(C)C(=O)c1c(C)c(C(=O)OC)n(C)c1C. The first kappa shape index (κ1) is 24.0. The number of halogens is 2. The van der Waals surface area contributed by atoms with Gasteiger partial charge < -0.3 is 19.5 Å². The van der Waals surface area contributed by atoms with Gasteiger partial charge in [-0.3, -0.25) is 4.79 Å². The zero-order valence-electron chi connectivity index (χ0n) is 18.5. The van der Waals surface area contributed by atoms with Gasteiger partial charge in [-0.05, 0) is 44.9 Å². The van der Waals surface area contributed by atoms with Gasteiger partial charge in [-0.25, -0.2) is 18.4 Å². The Morgan fingerprint density at radius 2 is 1.87 bits per heavy atom. The second-order valence-corrected chi connectivity index (χ2v) is 7.27. The van der Waals surface area contributed by atoms with E-state index in [-0.39, 0.29) is 23.7 Å². The second kappa shape index (κ2) is 9.72. The molecule has 0 aliphatic carbocycles. The van der Waals surface area contributed by atoms with Gasteiger partial charge in [0.1, 0.15) is 17.3 Å². The van der Waals surface area contributed by atoms with Crippen molar-refractivity contribution in [3.05, 3.63) is 52.3 Å². The van der Waals surface area contributed by atoms with Gasteiger partial charge in [-0.1, -0.05) is 6.92 Å². The van der Waals surface area contributed by atoms with Crippen LogP contribution in [0.25, 0.3) is 0 Å². The molecule has 0 bridgehead atoms. The first-order valence-electron chi connectivity index (χ1n) is 9.86. The number of urea groups is 1. The van der Waals surface area contributed by atoms with Crippen LogP contribution in [0.3, 0.4) is 0 Å². The summed E-state index contributed by atoms with van der Waals surface area (Å²) in [5, 5.41) is 2.40. The molecule has 9 heteroatoms. The summed E-state index contributed by atoms with van der Waals surface area (Å²) < 4.78 is 33.5. The van der Waals surface area contributed by atoms with Gasteiger partial charge in [0.05, 0.1) is 18.8 Å². The number of methoxy groups -OCH3 is 1. The van der Waals surface area contributed by atoms with Crippen LogP contribution in [0.15, 0.2) is 18.2 Å². The van der Waals surface area contributed by atoms with Gasteiger partial charge in [0.25, 0.3) is 0 Å². The first-order chi connectivity index (χ1) is 14.5. The highest BCUT2D eigenvalue weighted by Gasteiger charge is 2.32. The number of ketones is 1. The molecule has 0 spiro atoms. The van der Waals surface area contributed by atoms with Gasteiger partial charge >= 0.3 is 12.0 Å². The number of nitrogens with zero attached hydrogens (tertiary/aromatic N) is 2. The van der Waals surface area contributed by atoms with E-state index in [2.05, 4.69) is 5.32 Å². The number of hydrogen-bond acceptors (Lipinski definition) is 4. The topological polar surface area (TPSA) is 80.6 Å². The van der Waals surface area contributed by atoms with E-state index in [1.54, 1.807) is 32.4 Å². The van der Waals surface area contributed by atoms with E-state index in [1.165, 1.54) is 12.0 Å². The molecular formula is C22H27F2N3O4. The second-order valence-electron chi connectivity index (χ2n) is 7.27. The molecule has 0 aliphatic rings. The number of anilines is 1. The average Bonchev–Trinajstić information content (AvgIpc) is 2.95. The van der Waals surface area contributed by atoms with Crippen molar-refractivity contribution in [2.45, 2.75) is 40.2 Å². The van der Waals surface area contributed by atoms with E-state index in [0.717, 1.165) is 12.1 Å². The normalized spacial score (nSPS) is 11.7. The fourth-order valence-corrected chi connectivity index (χ4v) is 3.57. The monoisotopic (exact) mass is 435 g/mol. The minimum absolute atomic E-state index is 0.188. The molecule has 1 aromatic carbocycles. The Bertz CT molecular complexity index is 1020. The highest BCUT2D eigenvalue weighted by molar-refractivity contribution is 6.07. The number of esters is 1. The maximum Gasteiger partial charge on any atom is 0.354 e. The summed E-state index contributed by atoms with van der Waals surface area (Å²) in [4.78, 5) is 39.6. The van der Waals surface area contributed by atoms with E-state index in [4.69, 9.17) is 4.74 Å². The van der Waals surface area contributed by atoms with E-state index >= 15 is 0 Å². The standard InChI is InChI=1S/C22H27F2N3O4/c1-7-10-27(22(30)25-17-9-8-15(23)11-16(17)24)14(4)20(28)18-12(2)19(21(29)31-6)26(5)13(18)3/h8-9,11,14H,7,10H2,1-6H3,(H,25,30). The molecule has 0 saturated carbocycles. The molecule has 168 valence electrons. The number of ether oxygens (including phenoxy) is 1. The van der Waals surface area contributed by atoms with Crippen LogP contribution in [0.1, 0.15) is 52.4 Å². The molecule has 0 fully saturated rings. The molecule has 0 saturated heterocycles. The van der Waals surface area contributed by atoms with Crippen LogP contribution >= 0.6 is 0 Å². The number of rotatable bonds is 7. The van der Waals surface area contributed by atoms with Crippen molar-refractivity contribution in [2.75, 3.05) is 19.0 Å². The van der Waals surface area contributed by atoms with E-state index in [9.17, 15) is 23.2 Å². The summed E-state index contributed by atoms with van der Waals surface area (Å²) in [6.07, 6.45) is 0.553. The first-order valence-corrected chi connectivity index (χ1v) is 9.86. The van der Waals surface area contributed by atoms with E-state index in [0.29, 0.717) is 29.3 Å². The number of carbonyl (C=O) groups excluding carboxylic acids is 3. The Labute approximate surface area is 180 Å². The van der Waals surface area contributed by atoms with Crippen LogP contribution in [0.2, 0.25) is 0 Å². The lowest BCUT2D eigenvalue weighted by Gasteiger charge is -2.28. The van der Waals surface area contributed by atoms with Crippen molar-refractivity contribution in [1.29, 1.82) is 0 Å². The molecule has 7 nitrogen and oxygen atoms in total. The molecule has 2 aromatic rings. The molecule has 2 rings (SSSR count). The molecule has 0 radical (unpaired) electrons. The van der Waals surface area contributed by atoms with E-state index in [1.807, 2.05) is 6.92 Å². The van der Waals surface area contributed by atoms with Crippen LogP contribution in [0, 0.1) is 25.5 Å². The van der Waals surface area contributed by atoms with Crippen molar-refractivity contribution in [1.82, 2.24) is 9.47 Å². The predicted molar refractivity (Wildman–Crippen MR) is 112 cm³/mol. The molecule has 1 unspecified atom stereocenters. The van der Waals surface area contributed by atoms with Crippen molar-refractivity contribution in [3.63, 3.8) is 0 Å². The largest absolute Gasteiger partial charge is 0.464 e. The Hall–Kier alpha value is -3.23. The molecule has 31 heavy (non-hydrogen) atoms. The lowest BCUT2D eigenvalue weighted by molar-refractivity contribution is 0.0588. The lowest BCUT2D eigenvalue weighted by atomic mass is 10.00. The van der Waals surface area contributed by atoms with Gasteiger partial charge in [-0.2, -0.15) is 0 Å². The van der Waals surface area contributed by atoms with Crippen LogP contribution < -0.4 is 5.32 Å². The van der Waals surface area contributed by atoms with Crippen molar-refractivity contribution < 1.29 is 27.9 Å². The molecule has 0 aliphatic heterocycles. The number of Topliss-reactive ketones (excluding diaryl/α,β-unsaturated/α-hetero) is 1. The Morgan fingerprint density at radius 3 is 2.42 bits per heavy atom. The van der Waals surface area contributed by atoms with Crippen molar-refractivity contribution in [3.8, 4) is 0 Å². The molecule has 1 atom stereocenters. The quantitative estimate of drug-likeness (QED) is 0.522. The summed E-state index contributed by atoms with van der Waals surface area (Å²) in [5.74, 6) is -2.60. The summed E-state index contributed by atoms with van der Waals surface area (Å²) in [7, 11) is 2.92. The highest BCUT2D eigenvalue weighted by atomic mass is 19.1. The fraction of sp³-hybridized carbons (Fsp3) is 0.409. The third-order valence-corrected chi connectivity index (χ3v) is 5.30. The number of aromatic nitrogens is 1. The van der Waals surface area contributed by atoms with Crippen LogP contribution in [-0.2, 0) is 11.8 Å². The number of carbonyl (C=O) groups is 3. The summed E-state index contributed by atoms with van der Waals surface area (Å²) in [6, 6.07) is 1.23. The Morgan fingerprint density at radius 1 is 1.23 bits per heavy atom. The number of amides is 2. The smallest absolute Gasteiger partial charge is 0.354 e. The summed E-state index contributed by atoms with van der Waals surface area (Å²) >= 11 is 0. The van der Waals surface area contributed by atoms with Crippen LogP contribution in [-0.4, -0.2) is 46.9 Å². The maximum atomic E-state index is 14.0. The Kier molecular flexibility index (Phi) is 7.54. The molecule has 1 heterocycles. The van der Waals surface area contributed by atoms with Crippen molar-refractivity contribution in [2.24, 2.45) is 7.05 Å². The zero-order chi connectivity index (χ0) is 23.5. The third kappa shape index (κ3) is 4.76. The molecule has 1 N–H and O–H groups in total. The van der Waals surface area contributed by atoms with Crippen molar-refractivity contribution >= 4 is 23.5 Å².